The summed E-state index contributed by atoms with van der Waals surface area (Å²) in [6, 6.07) is 56.0. The molecule has 0 unspecified atom stereocenters. The first-order valence-electron chi connectivity index (χ1n) is 18.8. The Labute approximate surface area is 324 Å². The first-order valence-corrected chi connectivity index (χ1v) is 25.9. The van der Waals surface area contributed by atoms with Gasteiger partial charge in [-0.1, -0.05) is 208 Å². The van der Waals surface area contributed by atoms with Gasteiger partial charge in [-0.15, -0.1) is 0 Å². The van der Waals surface area contributed by atoms with Crippen molar-refractivity contribution in [3.63, 3.8) is 0 Å². The number of hydrogen-bond donors (Lipinski definition) is 0. The summed E-state index contributed by atoms with van der Waals surface area (Å²) >= 11 is 0. The first kappa shape index (κ1) is 36.5. The van der Waals surface area contributed by atoms with Crippen LogP contribution >= 0.6 is 0 Å². The highest BCUT2D eigenvalue weighted by Gasteiger charge is 2.16. The van der Waals surface area contributed by atoms with Gasteiger partial charge in [0.2, 0.25) is 0 Å². The third-order valence-corrected chi connectivity index (χ3v) is 11.6. The summed E-state index contributed by atoms with van der Waals surface area (Å²) in [4.78, 5) is 0. The Hall–Kier alpha value is -5.91. The van der Waals surface area contributed by atoms with Crippen LogP contribution in [0.5, 0.6) is 0 Å². The van der Waals surface area contributed by atoms with E-state index in [1.54, 1.807) is 0 Å². The average molecular weight is 727 g/mol. The van der Waals surface area contributed by atoms with E-state index in [0.717, 1.165) is 43.8 Å². The highest BCUT2D eigenvalue weighted by atomic mass is 28.3. The van der Waals surface area contributed by atoms with Crippen LogP contribution in [0.4, 0.5) is 0 Å². The van der Waals surface area contributed by atoms with Crippen LogP contribution in [0.1, 0.15) is 44.5 Å². The van der Waals surface area contributed by atoms with Crippen LogP contribution in [-0.4, -0.2) is 16.1 Å². The smallest absolute Gasteiger partial charge is 0.0695 e. The molecular formula is C52H46Si2. The zero-order valence-corrected chi connectivity index (χ0v) is 34.2. The summed E-state index contributed by atoms with van der Waals surface area (Å²) in [5, 5.41) is 4.48. The van der Waals surface area contributed by atoms with Crippen molar-refractivity contribution in [3.8, 4) is 23.7 Å². The number of hydrogen-bond acceptors (Lipinski definition) is 0. The van der Waals surface area contributed by atoms with Gasteiger partial charge in [0, 0.05) is 22.3 Å². The molecule has 54 heavy (non-hydrogen) atoms. The maximum atomic E-state index is 3.60. The fourth-order valence-electron chi connectivity index (χ4n) is 6.90. The van der Waals surface area contributed by atoms with Crippen LogP contribution in [0.3, 0.4) is 0 Å². The van der Waals surface area contributed by atoms with Crippen molar-refractivity contribution < 1.29 is 0 Å². The minimum absolute atomic E-state index is 0.995. The molecule has 0 saturated heterocycles. The zero-order valence-electron chi connectivity index (χ0n) is 32.2. The van der Waals surface area contributed by atoms with Gasteiger partial charge in [0.05, 0.1) is 16.1 Å². The van der Waals surface area contributed by atoms with Gasteiger partial charge in [-0.3, -0.25) is 0 Å². The second-order valence-corrected chi connectivity index (χ2v) is 26.1. The molecule has 0 aliphatic rings. The molecule has 7 aromatic carbocycles. The molecule has 0 bridgehead atoms. The van der Waals surface area contributed by atoms with E-state index in [-0.39, 0.29) is 0 Å². The van der Waals surface area contributed by atoms with Crippen LogP contribution in [0.25, 0.3) is 32.7 Å². The molecule has 0 aromatic heterocycles. The van der Waals surface area contributed by atoms with E-state index in [9.17, 15) is 0 Å². The number of benzene rings is 7. The van der Waals surface area contributed by atoms with Gasteiger partial charge in [0.25, 0.3) is 0 Å². The third-order valence-electron chi connectivity index (χ3n) is 9.31. The van der Waals surface area contributed by atoms with Crippen LogP contribution in [0.15, 0.2) is 169 Å². The second kappa shape index (κ2) is 15.6. The minimum atomic E-state index is -1.47. The van der Waals surface area contributed by atoms with Crippen LogP contribution in [0.2, 0.25) is 39.3 Å². The molecule has 0 nitrogen and oxygen atoms in total. The quantitative estimate of drug-likeness (QED) is 0.0909. The minimum Gasteiger partial charge on any atom is -0.0867 e. The molecule has 0 fully saturated rings. The largest absolute Gasteiger partial charge is 0.0867 e. The van der Waals surface area contributed by atoms with Gasteiger partial charge in [0.1, 0.15) is 0 Å². The lowest BCUT2D eigenvalue weighted by molar-refractivity contribution is 1.53. The summed E-state index contributed by atoms with van der Waals surface area (Å²) < 4.78 is 0. The highest BCUT2D eigenvalue weighted by molar-refractivity contribution is 6.82. The van der Waals surface area contributed by atoms with E-state index in [1.807, 2.05) is 0 Å². The van der Waals surface area contributed by atoms with Gasteiger partial charge < -0.3 is 0 Å². The molecule has 0 amide bonds. The maximum Gasteiger partial charge on any atom is 0.0695 e. The molecule has 0 radical (unpaired) electrons. The van der Waals surface area contributed by atoms with Crippen molar-refractivity contribution in [2.45, 2.75) is 39.3 Å². The van der Waals surface area contributed by atoms with Crippen molar-refractivity contribution in [3.05, 3.63) is 214 Å². The topological polar surface area (TPSA) is 0 Å². The lowest BCUT2D eigenvalue weighted by atomic mass is 9.91. The van der Waals surface area contributed by atoms with Gasteiger partial charge in [0.15, 0.2) is 0 Å². The van der Waals surface area contributed by atoms with Crippen molar-refractivity contribution >= 4 is 48.8 Å². The monoisotopic (exact) mass is 726 g/mol. The second-order valence-electron chi connectivity index (χ2n) is 16.1. The summed E-state index contributed by atoms with van der Waals surface area (Å²) in [5.41, 5.74) is 16.6. The molecule has 0 saturated carbocycles. The fourth-order valence-corrected chi connectivity index (χ4v) is 9.30. The van der Waals surface area contributed by atoms with E-state index in [4.69, 9.17) is 0 Å². The Morgan fingerprint density at radius 2 is 0.611 bits per heavy atom. The van der Waals surface area contributed by atoms with Crippen LogP contribution < -0.4 is 0 Å². The zero-order chi connectivity index (χ0) is 37.7. The SMILES string of the molecule is C[Si](C)(C)/C=C(/c1ccccc1)c1ccc(C#Cc2c3ccccc3c(C#Cc3ccc(/C(=C\[Si](C)(C)C)c4ccccc4)cc3)c3ccccc23)cc1. The van der Waals surface area contributed by atoms with E-state index in [0.29, 0.717) is 0 Å². The predicted molar refractivity (Wildman–Crippen MR) is 240 cm³/mol. The lowest BCUT2D eigenvalue weighted by Gasteiger charge is -2.16. The maximum absolute atomic E-state index is 3.60. The third kappa shape index (κ3) is 8.65. The summed E-state index contributed by atoms with van der Waals surface area (Å²) in [6.45, 7) is 14.3. The van der Waals surface area contributed by atoms with Gasteiger partial charge in [-0.2, -0.15) is 0 Å². The van der Waals surface area contributed by atoms with Crippen molar-refractivity contribution in [1.29, 1.82) is 0 Å². The summed E-state index contributed by atoms with van der Waals surface area (Å²) in [6.07, 6.45) is 0. The Bertz CT molecular complexity index is 2380. The first-order chi connectivity index (χ1) is 26.0. The standard InChI is InChI=1S/C52H46Si2/c1-53(2,3)37-51(41-17-9-7-10-18-41)43-31-25-39(26-32-43)29-35-49-45-21-13-15-23-47(45)50(48-24-16-14-22-46(48)49)36-30-40-27-33-44(34-28-40)52(38-54(4,5)6)42-19-11-8-12-20-42/h7-28,31-34,37-38H,1-6H3/b51-37-,52-38-. The summed E-state index contributed by atoms with van der Waals surface area (Å²) in [7, 11) is -2.93. The summed E-state index contributed by atoms with van der Waals surface area (Å²) in [5.74, 6) is 14.2. The van der Waals surface area contributed by atoms with Crippen molar-refractivity contribution in [1.82, 2.24) is 0 Å². The normalized spacial score (nSPS) is 12.2. The Morgan fingerprint density at radius 1 is 0.333 bits per heavy atom. The molecule has 7 aromatic rings. The fraction of sp³-hybridized carbons (Fsp3) is 0.115. The van der Waals surface area contributed by atoms with E-state index in [1.165, 1.54) is 33.4 Å². The van der Waals surface area contributed by atoms with E-state index < -0.39 is 16.1 Å². The Balaban J connectivity index is 1.25. The lowest BCUT2D eigenvalue weighted by Crippen LogP contribution is -2.17. The van der Waals surface area contributed by atoms with Crippen molar-refractivity contribution in [2.24, 2.45) is 0 Å². The molecule has 262 valence electrons. The van der Waals surface area contributed by atoms with Crippen LogP contribution in [-0.2, 0) is 0 Å². The number of fused-ring (bicyclic) bond motifs is 2. The van der Waals surface area contributed by atoms with Gasteiger partial charge in [-0.05, 0) is 79.2 Å². The molecule has 0 spiro atoms. The molecule has 7 rings (SSSR count). The van der Waals surface area contributed by atoms with E-state index >= 15 is 0 Å². The molecule has 0 aliphatic carbocycles. The average Bonchev–Trinajstić information content (AvgIpc) is 3.18. The van der Waals surface area contributed by atoms with Gasteiger partial charge >= 0.3 is 0 Å². The molecule has 2 heteroatoms. The van der Waals surface area contributed by atoms with Crippen molar-refractivity contribution in [2.75, 3.05) is 0 Å². The Morgan fingerprint density at radius 3 is 0.907 bits per heavy atom. The highest BCUT2D eigenvalue weighted by Crippen LogP contribution is 2.33. The Kier molecular flexibility index (Phi) is 10.5. The van der Waals surface area contributed by atoms with Crippen LogP contribution in [0, 0.1) is 23.7 Å². The van der Waals surface area contributed by atoms with E-state index in [2.05, 4.69) is 232 Å². The molecule has 0 aliphatic heterocycles. The molecule has 0 N–H and O–H groups in total. The van der Waals surface area contributed by atoms with Gasteiger partial charge in [-0.25, -0.2) is 0 Å². The molecule has 0 heterocycles. The molecular weight excluding hydrogens is 681 g/mol. The predicted octanol–water partition coefficient (Wildman–Crippen LogP) is 13.4. The number of rotatable bonds is 6. The molecule has 0 atom stereocenters.